The van der Waals surface area contributed by atoms with Gasteiger partial charge in [0.1, 0.15) is 24.4 Å². The molecule has 1 saturated heterocycles. The Labute approximate surface area is 87.7 Å². The van der Waals surface area contributed by atoms with E-state index in [4.69, 9.17) is 14.2 Å². The highest BCUT2D eigenvalue weighted by molar-refractivity contribution is 5.57. The molecule has 5 atom stereocenters. The van der Waals surface area contributed by atoms with Crippen LogP contribution in [0.1, 0.15) is 6.92 Å². The fourth-order valence-corrected chi connectivity index (χ4v) is 1.55. The van der Waals surface area contributed by atoms with Crippen LogP contribution < -0.4 is 0 Å². The Kier molecular flexibility index (Phi) is 4.62. The fourth-order valence-electron chi connectivity index (χ4n) is 1.55. The molecular formula is C9H16O6. The van der Waals surface area contributed by atoms with Crippen LogP contribution in [0, 0.1) is 0 Å². The van der Waals surface area contributed by atoms with Crippen LogP contribution in [0.25, 0.3) is 0 Å². The maximum absolute atomic E-state index is 10.7. The maximum atomic E-state index is 10.7. The molecule has 1 aliphatic heterocycles. The summed E-state index contributed by atoms with van der Waals surface area (Å²) < 4.78 is 15.0. The van der Waals surface area contributed by atoms with Crippen LogP contribution in [0.4, 0.5) is 0 Å². The molecule has 0 aliphatic carbocycles. The fraction of sp³-hybridized carbons (Fsp3) is 0.889. The van der Waals surface area contributed by atoms with Gasteiger partial charge in [-0.25, -0.2) is 0 Å². The summed E-state index contributed by atoms with van der Waals surface area (Å²) in [6.07, 6.45) is -4.67. The lowest BCUT2D eigenvalue weighted by molar-refractivity contribution is -0.287. The number of carbonyl (C=O) groups excluding carboxylic acids is 1. The zero-order valence-electron chi connectivity index (χ0n) is 8.70. The number of carbonyl (C=O) groups is 1. The highest BCUT2D eigenvalue weighted by Crippen LogP contribution is 2.22. The van der Waals surface area contributed by atoms with Crippen LogP contribution in [0.2, 0.25) is 0 Å². The van der Waals surface area contributed by atoms with E-state index in [0.717, 1.165) is 0 Å². The molecule has 6 nitrogen and oxygen atoms in total. The second-order valence-corrected chi connectivity index (χ2v) is 3.24. The van der Waals surface area contributed by atoms with Gasteiger partial charge in [0.15, 0.2) is 12.6 Å². The molecule has 15 heavy (non-hydrogen) atoms. The van der Waals surface area contributed by atoms with Gasteiger partial charge in [-0.15, -0.1) is 0 Å². The zero-order valence-corrected chi connectivity index (χ0v) is 8.70. The number of methoxy groups -OCH3 is 1. The highest BCUT2D eigenvalue weighted by atomic mass is 16.7. The number of aldehydes is 1. The molecule has 0 aromatic heterocycles. The Balaban J connectivity index is 2.74. The first-order valence-corrected chi connectivity index (χ1v) is 4.77. The Morgan fingerprint density at radius 3 is 2.53 bits per heavy atom. The summed E-state index contributed by atoms with van der Waals surface area (Å²) in [5.41, 5.74) is 0. The van der Waals surface area contributed by atoms with Gasteiger partial charge in [-0.1, -0.05) is 0 Å². The molecule has 1 fully saturated rings. The van der Waals surface area contributed by atoms with Crippen molar-refractivity contribution in [1.82, 2.24) is 0 Å². The van der Waals surface area contributed by atoms with Gasteiger partial charge in [-0.05, 0) is 6.92 Å². The van der Waals surface area contributed by atoms with Crippen LogP contribution in [0.5, 0.6) is 0 Å². The Hall–Kier alpha value is -0.530. The minimum absolute atomic E-state index is 0.319. The number of rotatable bonds is 4. The summed E-state index contributed by atoms with van der Waals surface area (Å²) in [6.45, 7) is 2.04. The van der Waals surface area contributed by atoms with Gasteiger partial charge in [0.25, 0.3) is 0 Å². The summed E-state index contributed by atoms with van der Waals surface area (Å²) in [6, 6.07) is 0. The number of hydrogen-bond acceptors (Lipinski definition) is 6. The van der Waals surface area contributed by atoms with Crippen molar-refractivity contribution in [1.29, 1.82) is 0 Å². The SMILES string of the molecule is CCO[C@H]1[C@H](O)[C@@H](O)[C@H](OC)O[C@@H]1C=O. The third-order valence-electron chi connectivity index (χ3n) is 2.31. The van der Waals surface area contributed by atoms with Crippen molar-refractivity contribution in [2.75, 3.05) is 13.7 Å². The molecule has 0 bridgehead atoms. The summed E-state index contributed by atoms with van der Waals surface area (Å²) in [4.78, 5) is 10.7. The minimum atomic E-state index is -1.22. The minimum Gasteiger partial charge on any atom is -0.387 e. The first kappa shape index (κ1) is 12.5. The third kappa shape index (κ3) is 2.53. The lowest BCUT2D eigenvalue weighted by Gasteiger charge is -2.39. The second-order valence-electron chi connectivity index (χ2n) is 3.24. The molecule has 6 heteroatoms. The number of aliphatic hydroxyl groups is 2. The van der Waals surface area contributed by atoms with Gasteiger partial charge in [0.2, 0.25) is 0 Å². The molecule has 1 heterocycles. The Morgan fingerprint density at radius 2 is 2.07 bits per heavy atom. The van der Waals surface area contributed by atoms with E-state index in [-0.39, 0.29) is 0 Å². The van der Waals surface area contributed by atoms with E-state index in [1.807, 2.05) is 0 Å². The molecule has 0 aromatic carbocycles. The van der Waals surface area contributed by atoms with Gasteiger partial charge in [-0.3, -0.25) is 0 Å². The second kappa shape index (κ2) is 5.53. The molecule has 2 N–H and O–H groups in total. The van der Waals surface area contributed by atoms with E-state index in [9.17, 15) is 15.0 Å². The summed E-state index contributed by atoms with van der Waals surface area (Å²) in [7, 11) is 1.32. The van der Waals surface area contributed by atoms with E-state index < -0.39 is 30.7 Å². The quantitative estimate of drug-likeness (QED) is 0.572. The molecule has 0 saturated carbocycles. The van der Waals surface area contributed by atoms with Gasteiger partial charge in [0, 0.05) is 13.7 Å². The molecule has 0 unspecified atom stereocenters. The van der Waals surface area contributed by atoms with E-state index in [1.54, 1.807) is 6.92 Å². The molecule has 0 amide bonds. The number of aliphatic hydroxyl groups excluding tert-OH is 2. The average Bonchev–Trinajstić information content (AvgIpc) is 2.25. The Morgan fingerprint density at radius 1 is 1.40 bits per heavy atom. The van der Waals surface area contributed by atoms with Gasteiger partial charge >= 0.3 is 0 Å². The third-order valence-corrected chi connectivity index (χ3v) is 2.31. The monoisotopic (exact) mass is 220 g/mol. The molecule has 1 rings (SSSR count). The molecule has 0 spiro atoms. The van der Waals surface area contributed by atoms with E-state index in [0.29, 0.717) is 12.9 Å². The zero-order chi connectivity index (χ0) is 11.4. The van der Waals surface area contributed by atoms with Crippen LogP contribution in [-0.2, 0) is 19.0 Å². The molecule has 88 valence electrons. The van der Waals surface area contributed by atoms with E-state index >= 15 is 0 Å². The Bertz CT molecular complexity index is 209. The van der Waals surface area contributed by atoms with Crippen molar-refractivity contribution in [2.24, 2.45) is 0 Å². The van der Waals surface area contributed by atoms with Crippen LogP contribution in [0.3, 0.4) is 0 Å². The van der Waals surface area contributed by atoms with Crippen LogP contribution in [-0.4, -0.2) is 60.9 Å². The molecular weight excluding hydrogens is 204 g/mol. The van der Waals surface area contributed by atoms with Crippen molar-refractivity contribution in [3.05, 3.63) is 0 Å². The lowest BCUT2D eigenvalue weighted by Crippen LogP contribution is -2.59. The first-order chi connectivity index (χ1) is 7.15. The number of hydrogen-bond donors (Lipinski definition) is 2. The van der Waals surface area contributed by atoms with Crippen molar-refractivity contribution < 1.29 is 29.2 Å². The van der Waals surface area contributed by atoms with Crippen LogP contribution >= 0.6 is 0 Å². The van der Waals surface area contributed by atoms with Crippen molar-refractivity contribution in [3.63, 3.8) is 0 Å². The molecule has 0 aromatic rings. The normalized spacial score (nSPS) is 41.5. The number of ether oxygens (including phenoxy) is 3. The summed E-state index contributed by atoms with van der Waals surface area (Å²) >= 11 is 0. The lowest BCUT2D eigenvalue weighted by atomic mass is 9.99. The van der Waals surface area contributed by atoms with Crippen molar-refractivity contribution >= 4 is 6.29 Å². The van der Waals surface area contributed by atoms with Crippen molar-refractivity contribution in [3.8, 4) is 0 Å². The van der Waals surface area contributed by atoms with E-state index in [2.05, 4.69) is 0 Å². The first-order valence-electron chi connectivity index (χ1n) is 4.77. The van der Waals surface area contributed by atoms with E-state index in [1.165, 1.54) is 7.11 Å². The van der Waals surface area contributed by atoms with Gasteiger partial charge in [-0.2, -0.15) is 0 Å². The topological polar surface area (TPSA) is 85.2 Å². The van der Waals surface area contributed by atoms with Gasteiger partial charge in [0.05, 0.1) is 0 Å². The summed E-state index contributed by atoms with van der Waals surface area (Å²) in [5.74, 6) is 0. The molecule has 1 aliphatic rings. The smallest absolute Gasteiger partial charge is 0.186 e. The highest BCUT2D eigenvalue weighted by Gasteiger charge is 2.45. The predicted octanol–water partition coefficient (Wildman–Crippen LogP) is -1.32. The summed E-state index contributed by atoms with van der Waals surface area (Å²) in [5, 5.41) is 19.2. The van der Waals surface area contributed by atoms with Crippen LogP contribution in [0.15, 0.2) is 0 Å². The standard InChI is InChI=1S/C9H16O6/c1-3-14-8-5(4-10)15-9(13-2)7(12)6(8)11/h4-9,11-12H,3H2,1-2H3/t5-,6-,7-,8-,9-/m1/s1. The predicted molar refractivity (Wildman–Crippen MR) is 49.2 cm³/mol. The average molecular weight is 220 g/mol. The van der Waals surface area contributed by atoms with Crippen molar-refractivity contribution in [2.45, 2.75) is 37.6 Å². The maximum Gasteiger partial charge on any atom is 0.186 e. The van der Waals surface area contributed by atoms with Gasteiger partial charge < -0.3 is 29.2 Å². The molecule has 0 radical (unpaired) electrons. The largest absolute Gasteiger partial charge is 0.387 e.